The lowest BCUT2D eigenvalue weighted by Gasteiger charge is -2.04. The lowest BCUT2D eigenvalue weighted by molar-refractivity contribution is 1.12. The maximum absolute atomic E-state index is 5.87. The van der Waals surface area contributed by atoms with Gasteiger partial charge in [-0.05, 0) is 24.3 Å². The number of aromatic nitrogens is 2. The smallest absolute Gasteiger partial charge is 0.0670 e. The fourth-order valence-electron chi connectivity index (χ4n) is 1.68. The molecule has 0 unspecified atom stereocenters. The summed E-state index contributed by atoms with van der Waals surface area (Å²) >= 11 is 7.53. The molecule has 17 heavy (non-hydrogen) atoms. The summed E-state index contributed by atoms with van der Waals surface area (Å²) in [5.74, 6) is 0. The molecule has 0 amide bonds. The SMILES string of the molecule is Clc1csc(CNc2ccc3cn[nH]c3c2)c1. The average molecular weight is 264 g/mol. The Hall–Kier alpha value is -1.52. The summed E-state index contributed by atoms with van der Waals surface area (Å²) in [4.78, 5) is 1.22. The fourth-order valence-corrected chi connectivity index (χ4v) is 2.70. The largest absolute Gasteiger partial charge is 0.380 e. The molecule has 0 aliphatic rings. The van der Waals surface area contributed by atoms with Crippen LogP contribution in [0, 0.1) is 0 Å². The first-order valence-electron chi connectivity index (χ1n) is 5.21. The first-order valence-corrected chi connectivity index (χ1v) is 6.47. The van der Waals surface area contributed by atoms with Crippen molar-refractivity contribution < 1.29 is 0 Å². The third-order valence-electron chi connectivity index (χ3n) is 2.53. The van der Waals surface area contributed by atoms with E-state index in [2.05, 4.69) is 21.6 Å². The van der Waals surface area contributed by atoms with Crippen molar-refractivity contribution >= 4 is 39.5 Å². The van der Waals surface area contributed by atoms with Gasteiger partial charge in [0.1, 0.15) is 0 Å². The van der Waals surface area contributed by atoms with Crippen molar-refractivity contribution in [2.24, 2.45) is 0 Å². The lowest BCUT2D eigenvalue weighted by atomic mass is 10.2. The van der Waals surface area contributed by atoms with E-state index in [9.17, 15) is 0 Å². The molecule has 3 aromatic rings. The molecular weight excluding hydrogens is 254 g/mol. The number of nitrogens with one attached hydrogen (secondary N) is 2. The zero-order valence-corrected chi connectivity index (χ0v) is 10.5. The summed E-state index contributed by atoms with van der Waals surface area (Å²) in [5, 5.41) is 14.2. The zero-order valence-electron chi connectivity index (χ0n) is 8.90. The number of halogens is 1. The van der Waals surface area contributed by atoms with Crippen LogP contribution in [-0.4, -0.2) is 10.2 Å². The summed E-state index contributed by atoms with van der Waals surface area (Å²) in [5.41, 5.74) is 2.12. The number of aromatic amines is 1. The van der Waals surface area contributed by atoms with Crippen molar-refractivity contribution in [1.29, 1.82) is 0 Å². The topological polar surface area (TPSA) is 40.7 Å². The molecule has 2 aromatic heterocycles. The van der Waals surface area contributed by atoms with Crippen LogP contribution in [0.2, 0.25) is 5.02 Å². The number of anilines is 1. The van der Waals surface area contributed by atoms with Gasteiger partial charge in [-0.3, -0.25) is 5.10 Å². The molecule has 3 nitrogen and oxygen atoms in total. The highest BCUT2D eigenvalue weighted by Crippen LogP contribution is 2.21. The minimum Gasteiger partial charge on any atom is -0.380 e. The standard InChI is InChI=1S/C12H10ClN3S/c13-9-3-11(17-7-9)6-14-10-2-1-8-5-15-16-12(8)4-10/h1-5,7,14H,6H2,(H,15,16). The molecule has 5 heteroatoms. The van der Waals surface area contributed by atoms with E-state index in [1.165, 1.54) is 4.88 Å². The zero-order chi connectivity index (χ0) is 11.7. The van der Waals surface area contributed by atoms with Gasteiger partial charge < -0.3 is 5.32 Å². The first kappa shape index (κ1) is 10.6. The average Bonchev–Trinajstić information content (AvgIpc) is 2.94. The number of nitrogens with zero attached hydrogens (tertiary/aromatic N) is 1. The molecule has 86 valence electrons. The lowest BCUT2D eigenvalue weighted by Crippen LogP contribution is -1.96. The Labute approximate surface area is 107 Å². The molecule has 2 heterocycles. The molecule has 3 rings (SSSR count). The van der Waals surface area contributed by atoms with Crippen LogP contribution in [0.5, 0.6) is 0 Å². The van der Waals surface area contributed by atoms with E-state index in [-0.39, 0.29) is 0 Å². The monoisotopic (exact) mass is 263 g/mol. The number of H-pyrrole nitrogens is 1. The molecule has 0 atom stereocenters. The van der Waals surface area contributed by atoms with Gasteiger partial charge >= 0.3 is 0 Å². The third-order valence-corrected chi connectivity index (χ3v) is 3.81. The Morgan fingerprint density at radius 2 is 2.29 bits per heavy atom. The molecule has 0 saturated heterocycles. The van der Waals surface area contributed by atoms with Crippen LogP contribution in [0.15, 0.2) is 35.8 Å². The van der Waals surface area contributed by atoms with Crippen molar-refractivity contribution in [1.82, 2.24) is 10.2 Å². The van der Waals surface area contributed by atoms with Gasteiger partial charge in [-0.25, -0.2) is 0 Å². The fraction of sp³-hybridized carbons (Fsp3) is 0.0833. The summed E-state index contributed by atoms with van der Waals surface area (Å²) in [7, 11) is 0. The first-order chi connectivity index (χ1) is 8.31. The predicted molar refractivity (Wildman–Crippen MR) is 72.7 cm³/mol. The van der Waals surface area contributed by atoms with E-state index >= 15 is 0 Å². The molecule has 0 bridgehead atoms. The van der Waals surface area contributed by atoms with Gasteiger partial charge in [0.15, 0.2) is 0 Å². The normalized spacial score (nSPS) is 10.9. The van der Waals surface area contributed by atoms with Crippen molar-refractivity contribution in [2.45, 2.75) is 6.54 Å². The number of hydrogen-bond acceptors (Lipinski definition) is 3. The number of rotatable bonds is 3. The van der Waals surface area contributed by atoms with Gasteiger partial charge in [-0.2, -0.15) is 5.10 Å². The number of thiophene rings is 1. The Balaban J connectivity index is 1.76. The molecule has 1 aromatic carbocycles. The minimum atomic E-state index is 0.789. The summed E-state index contributed by atoms with van der Waals surface area (Å²) in [6.07, 6.45) is 1.82. The molecule has 0 aliphatic carbocycles. The predicted octanol–water partition coefficient (Wildman–Crippen LogP) is 3.89. The quantitative estimate of drug-likeness (QED) is 0.753. The van der Waals surface area contributed by atoms with E-state index in [4.69, 9.17) is 11.6 Å². The van der Waals surface area contributed by atoms with Gasteiger partial charge in [0.05, 0.1) is 16.7 Å². The number of hydrogen-bond donors (Lipinski definition) is 2. The molecule has 0 saturated carbocycles. The van der Waals surface area contributed by atoms with Crippen LogP contribution in [0.25, 0.3) is 10.9 Å². The molecule has 0 aliphatic heterocycles. The van der Waals surface area contributed by atoms with Crippen LogP contribution in [-0.2, 0) is 6.54 Å². The highest BCUT2D eigenvalue weighted by atomic mass is 35.5. The van der Waals surface area contributed by atoms with E-state index in [1.54, 1.807) is 11.3 Å². The van der Waals surface area contributed by atoms with Crippen molar-refractivity contribution in [3.05, 3.63) is 45.7 Å². The van der Waals surface area contributed by atoms with E-state index in [0.717, 1.165) is 28.2 Å². The number of benzene rings is 1. The minimum absolute atomic E-state index is 0.789. The Bertz CT molecular complexity index is 644. The number of fused-ring (bicyclic) bond motifs is 1. The van der Waals surface area contributed by atoms with E-state index in [0.29, 0.717) is 0 Å². The van der Waals surface area contributed by atoms with Crippen molar-refractivity contribution in [3.8, 4) is 0 Å². The van der Waals surface area contributed by atoms with Crippen LogP contribution in [0.3, 0.4) is 0 Å². The summed E-state index contributed by atoms with van der Waals surface area (Å²) < 4.78 is 0. The van der Waals surface area contributed by atoms with E-state index < -0.39 is 0 Å². The Morgan fingerprint density at radius 1 is 1.35 bits per heavy atom. The van der Waals surface area contributed by atoms with Crippen LogP contribution < -0.4 is 5.32 Å². The third kappa shape index (κ3) is 2.28. The van der Waals surface area contributed by atoms with Gasteiger partial charge in [0, 0.05) is 27.9 Å². The highest BCUT2D eigenvalue weighted by molar-refractivity contribution is 7.10. The Kier molecular flexibility index (Phi) is 2.74. The molecule has 0 spiro atoms. The summed E-state index contributed by atoms with van der Waals surface area (Å²) in [6, 6.07) is 8.13. The van der Waals surface area contributed by atoms with Gasteiger partial charge in [0.25, 0.3) is 0 Å². The van der Waals surface area contributed by atoms with Crippen molar-refractivity contribution in [2.75, 3.05) is 5.32 Å². The molecule has 0 radical (unpaired) electrons. The second-order valence-corrected chi connectivity index (χ2v) is 5.19. The van der Waals surface area contributed by atoms with Crippen LogP contribution in [0.1, 0.15) is 4.88 Å². The van der Waals surface area contributed by atoms with Crippen molar-refractivity contribution in [3.63, 3.8) is 0 Å². The Morgan fingerprint density at radius 3 is 3.12 bits per heavy atom. The van der Waals surface area contributed by atoms with Crippen LogP contribution >= 0.6 is 22.9 Å². The molecule has 0 fully saturated rings. The molecule has 2 N–H and O–H groups in total. The van der Waals surface area contributed by atoms with Crippen LogP contribution in [0.4, 0.5) is 5.69 Å². The van der Waals surface area contributed by atoms with Gasteiger partial charge in [0.2, 0.25) is 0 Å². The summed E-state index contributed by atoms with van der Waals surface area (Å²) in [6.45, 7) is 0.789. The van der Waals surface area contributed by atoms with Gasteiger partial charge in [-0.15, -0.1) is 11.3 Å². The van der Waals surface area contributed by atoms with E-state index in [1.807, 2.05) is 29.8 Å². The highest BCUT2D eigenvalue weighted by Gasteiger charge is 2.00. The maximum atomic E-state index is 5.87. The van der Waals surface area contributed by atoms with Gasteiger partial charge in [-0.1, -0.05) is 11.6 Å². The second-order valence-electron chi connectivity index (χ2n) is 3.76. The molecular formula is C12H10ClN3S. The second kappa shape index (κ2) is 4.39. The maximum Gasteiger partial charge on any atom is 0.0670 e.